The average Bonchev–Trinajstić information content (AvgIpc) is 3.28. The molecule has 3 aromatic rings. The molecule has 15 heteroatoms. The number of ether oxygens (including phenoxy) is 1. The molecule has 14 nitrogen and oxygen atoms in total. The smallest absolute Gasteiger partial charge is 0.294 e. The lowest BCUT2D eigenvalue weighted by Gasteiger charge is -2.41. The van der Waals surface area contributed by atoms with Crippen LogP contribution in [0.1, 0.15) is 65.0 Å². The van der Waals surface area contributed by atoms with Crippen LogP contribution in [0.3, 0.4) is 0 Å². The van der Waals surface area contributed by atoms with Crippen molar-refractivity contribution < 1.29 is 28.2 Å². The maximum atomic E-state index is 13.8. The zero-order chi connectivity index (χ0) is 31.4. The van der Waals surface area contributed by atoms with E-state index in [-0.39, 0.29) is 42.8 Å². The van der Waals surface area contributed by atoms with E-state index in [9.17, 15) is 28.4 Å². The van der Waals surface area contributed by atoms with Crippen LogP contribution in [-0.2, 0) is 28.3 Å². The van der Waals surface area contributed by atoms with E-state index in [2.05, 4.69) is 14.9 Å². The Balaban J connectivity index is 1.63. The van der Waals surface area contributed by atoms with Crippen molar-refractivity contribution in [2.75, 3.05) is 26.3 Å². The molecule has 3 heterocycles. The number of hydrogen-bond acceptors (Lipinski definition) is 10. The molecule has 236 valence electrons. The minimum Gasteiger partial charge on any atom is -0.493 e. The minimum absolute atomic E-state index is 0.0234. The summed E-state index contributed by atoms with van der Waals surface area (Å²) in [7, 11) is -2.27. The van der Waals surface area contributed by atoms with E-state index < -0.39 is 26.3 Å². The van der Waals surface area contributed by atoms with Crippen LogP contribution >= 0.6 is 0 Å². The summed E-state index contributed by atoms with van der Waals surface area (Å²) in [6, 6.07) is 4.50. The number of hydrogen-bond donors (Lipinski definition) is 2. The Hall–Kier alpha value is -3.56. The molecular formula is C28H40N6O8S. The first kappa shape index (κ1) is 32.4. The molecule has 1 aliphatic heterocycles. The van der Waals surface area contributed by atoms with Crippen molar-refractivity contribution in [1.29, 1.82) is 0 Å². The molecule has 0 aliphatic carbocycles. The first-order valence-corrected chi connectivity index (χ1v) is 16.1. The van der Waals surface area contributed by atoms with E-state index in [1.165, 1.54) is 21.1 Å². The van der Waals surface area contributed by atoms with Gasteiger partial charge < -0.3 is 19.7 Å². The Morgan fingerprint density at radius 3 is 2.53 bits per heavy atom. The van der Waals surface area contributed by atoms with Gasteiger partial charge in [-0.1, -0.05) is 26.7 Å². The highest BCUT2D eigenvalue weighted by Gasteiger charge is 2.40. The third-order valence-electron chi connectivity index (χ3n) is 8.02. The second-order valence-corrected chi connectivity index (χ2v) is 12.8. The Morgan fingerprint density at radius 1 is 1.19 bits per heavy atom. The van der Waals surface area contributed by atoms with Gasteiger partial charge in [-0.05, 0) is 56.7 Å². The number of nitrogens with zero attached hydrogens (tertiary/aromatic N) is 5. The first-order valence-electron chi connectivity index (χ1n) is 14.7. The van der Waals surface area contributed by atoms with E-state index in [0.29, 0.717) is 66.8 Å². The molecule has 0 spiro atoms. The predicted octanol–water partition coefficient (Wildman–Crippen LogP) is 3.21. The van der Waals surface area contributed by atoms with Gasteiger partial charge in [0.05, 0.1) is 35.0 Å². The van der Waals surface area contributed by atoms with Crippen LogP contribution in [0.2, 0.25) is 0 Å². The molecule has 1 aromatic carbocycles. The van der Waals surface area contributed by atoms with Gasteiger partial charge in [0, 0.05) is 26.6 Å². The normalized spacial score (nSPS) is 16.3. The van der Waals surface area contributed by atoms with Crippen LogP contribution in [0.4, 0.5) is 0 Å². The average molecular weight is 621 g/mol. The molecule has 4 rings (SSSR count). The molecule has 1 aliphatic rings. The molecule has 0 bridgehead atoms. The number of rotatable bonds is 14. The van der Waals surface area contributed by atoms with Crippen LogP contribution in [0.25, 0.3) is 22.4 Å². The van der Waals surface area contributed by atoms with Crippen molar-refractivity contribution in [2.24, 2.45) is 13.0 Å². The molecule has 2 N–H and O–H groups in total. The minimum atomic E-state index is -3.95. The lowest BCUT2D eigenvalue weighted by atomic mass is 9.76. The quantitative estimate of drug-likeness (QED) is 0.200. The van der Waals surface area contributed by atoms with Gasteiger partial charge in [0.15, 0.2) is 5.52 Å². The summed E-state index contributed by atoms with van der Waals surface area (Å²) >= 11 is 0. The molecule has 1 saturated heterocycles. The van der Waals surface area contributed by atoms with Gasteiger partial charge in [0.1, 0.15) is 17.1 Å². The Morgan fingerprint density at radius 2 is 1.91 bits per heavy atom. The van der Waals surface area contributed by atoms with Gasteiger partial charge in [-0.2, -0.15) is 9.40 Å². The summed E-state index contributed by atoms with van der Waals surface area (Å²) in [6.45, 7) is 6.18. The largest absolute Gasteiger partial charge is 0.493 e. The maximum Gasteiger partial charge on any atom is 0.294 e. The lowest BCUT2D eigenvalue weighted by molar-refractivity contribution is -0.758. The fraction of sp³-hybridized carbons (Fsp3) is 0.607. The van der Waals surface area contributed by atoms with Crippen molar-refractivity contribution in [2.45, 2.75) is 76.2 Å². The summed E-state index contributed by atoms with van der Waals surface area (Å²) in [5.74, 6) is 0.330. The molecule has 0 radical (unpaired) electrons. The first-order chi connectivity index (χ1) is 20.4. The van der Waals surface area contributed by atoms with Crippen molar-refractivity contribution in [1.82, 2.24) is 24.1 Å². The molecule has 0 saturated carbocycles. The van der Waals surface area contributed by atoms with Gasteiger partial charge in [-0.3, -0.25) is 9.48 Å². The number of fused-ring (bicyclic) bond motifs is 1. The number of aromatic amines is 1. The van der Waals surface area contributed by atoms with E-state index in [1.54, 1.807) is 13.1 Å². The maximum absolute atomic E-state index is 13.8. The van der Waals surface area contributed by atoms with Gasteiger partial charge in [-0.25, -0.2) is 13.4 Å². The molecule has 43 heavy (non-hydrogen) atoms. The molecular weight excluding hydrogens is 580 g/mol. The number of aromatic nitrogens is 4. The molecule has 1 fully saturated rings. The van der Waals surface area contributed by atoms with Crippen LogP contribution in [0, 0.1) is 16.0 Å². The molecule has 2 aromatic heterocycles. The van der Waals surface area contributed by atoms with Crippen LogP contribution in [0.5, 0.6) is 5.75 Å². The topological polar surface area (TPSA) is 183 Å². The summed E-state index contributed by atoms with van der Waals surface area (Å²) in [5, 5.41) is 25.5. The van der Waals surface area contributed by atoms with Crippen LogP contribution in [0.15, 0.2) is 27.9 Å². The standard InChI is InChI=1S/C28H40N6O8S/c1-5-8-22-24-25(32(4)31-22)27(35)30-26(29-24)21-18-20(9-10-23(21)41-7-3)43(39,40)33-15-11-19(12-16-33)28(36,13-6-2)14-17-42-34(37)38/h9-10,18-19,36H,5-8,11-17H2,1-4H3,(H,29,30,35). The third kappa shape index (κ3) is 6.83. The van der Waals surface area contributed by atoms with Gasteiger partial charge in [0.25, 0.3) is 10.6 Å². The van der Waals surface area contributed by atoms with Crippen molar-refractivity contribution in [3.63, 3.8) is 0 Å². The summed E-state index contributed by atoms with van der Waals surface area (Å²) < 4.78 is 36.3. The van der Waals surface area contributed by atoms with Crippen LogP contribution in [-0.4, -0.2) is 74.6 Å². The summed E-state index contributed by atoms with van der Waals surface area (Å²) in [6.07, 6.45) is 3.42. The monoisotopic (exact) mass is 620 g/mol. The zero-order valence-corrected chi connectivity index (χ0v) is 25.9. The number of benzene rings is 1. The fourth-order valence-corrected chi connectivity index (χ4v) is 7.46. The van der Waals surface area contributed by atoms with Crippen LogP contribution < -0.4 is 10.3 Å². The second-order valence-electron chi connectivity index (χ2n) is 10.9. The van der Waals surface area contributed by atoms with Gasteiger partial charge >= 0.3 is 0 Å². The van der Waals surface area contributed by atoms with E-state index in [0.717, 1.165) is 6.42 Å². The van der Waals surface area contributed by atoms with Crippen molar-refractivity contribution >= 4 is 21.1 Å². The zero-order valence-electron chi connectivity index (χ0n) is 25.0. The summed E-state index contributed by atoms with van der Waals surface area (Å²) in [4.78, 5) is 35.6. The predicted molar refractivity (Wildman–Crippen MR) is 159 cm³/mol. The lowest BCUT2D eigenvalue weighted by Crippen LogP contribution is -2.47. The number of aryl methyl sites for hydroxylation is 2. The molecule has 1 unspecified atom stereocenters. The van der Waals surface area contributed by atoms with E-state index >= 15 is 0 Å². The Bertz CT molecular complexity index is 1610. The molecule has 1 atom stereocenters. The highest BCUT2D eigenvalue weighted by atomic mass is 32.2. The van der Waals surface area contributed by atoms with Gasteiger partial charge in [0.2, 0.25) is 10.0 Å². The third-order valence-corrected chi connectivity index (χ3v) is 9.92. The fourth-order valence-electron chi connectivity index (χ4n) is 5.96. The molecule has 0 amide bonds. The second kappa shape index (κ2) is 13.4. The highest BCUT2D eigenvalue weighted by molar-refractivity contribution is 7.89. The Kier molecular flexibility index (Phi) is 10.1. The number of H-pyrrole nitrogens is 1. The van der Waals surface area contributed by atoms with Crippen molar-refractivity contribution in [3.8, 4) is 17.1 Å². The highest BCUT2D eigenvalue weighted by Crippen LogP contribution is 2.37. The van der Waals surface area contributed by atoms with E-state index in [1.807, 2.05) is 20.8 Å². The van der Waals surface area contributed by atoms with Gasteiger partial charge in [-0.15, -0.1) is 10.1 Å². The number of piperidine rings is 1. The van der Waals surface area contributed by atoms with E-state index in [4.69, 9.17) is 9.72 Å². The SMILES string of the molecule is CCCc1nn(C)c2c(=O)[nH]c(-c3cc(S(=O)(=O)N4CCC(C(O)(CCC)CCO[N+](=O)[O-])CC4)ccc3OCC)nc12. The number of nitrogens with one attached hydrogen (secondary N) is 1. The Labute approximate surface area is 250 Å². The summed E-state index contributed by atoms with van der Waals surface area (Å²) in [5.41, 5.74) is 0.245. The number of sulfonamides is 1. The van der Waals surface area contributed by atoms with Crippen molar-refractivity contribution in [3.05, 3.63) is 44.4 Å². The number of aliphatic hydroxyl groups is 1.